The number of aromatic nitrogens is 2. The van der Waals surface area contributed by atoms with Crippen LogP contribution in [0.15, 0.2) is 42.7 Å². The fourth-order valence-electron chi connectivity index (χ4n) is 1.25. The first kappa shape index (κ1) is 9.26. The summed E-state index contributed by atoms with van der Waals surface area (Å²) in [4.78, 5) is 10.6. The highest BCUT2D eigenvalue weighted by Crippen LogP contribution is 2.10. The highest BCUT2D eigenvalue weighted by molar-refractivity contribution is 5.87. The lowest BCUT2D eigenvalue weighted by Gasteiger charge is -1.99. The van der Waals surface area contributed by atoms with Gasteiger partial charge in [0.15, 0.2) is 0 Å². The van der Waals surface area contributed by atoms with E-state index < -0.39 is 6.03 Å². The van der Waals surface area contributed by atoms with Crippen molar-refractivity contribution in [2.45, 2.75) is 0 Å². The number of nitrogens with zero attached hydrogens (tertiary/aromatic N) is 2. The summed E-state index contributed by atoms with van der Waals surface area (Å²) in [6.07, 6.45) is 3.23. The minimum atomic E-state index is -0.595. The van der Waals surface area contributed by atoms with E-state index in [-0.39, 0.29) is 0 Å². The van der Waals surface area contributed by atoms with Gasteiger partial charge in [0, 0.05) is 0 Å². The van der Waals surface area contributed by atoms with E-state index in [0.717, 1.165) is 5.69 Å². The second-order valence-electron chi connectivity index (χ2n) is 3.00. The Kier molecular flexibility index (Phi) is 2.37. The zero-order chi connectivity index (χ0) is 10.7. The number of urea groups is 1. The Labute approximate surface area is 86.5 Å². The van der Waals surface area contributed by atoms with Gasteiger partial charge in [-0.2, -0.15) is 5.10 Å². The van der Waals surface area contributed by atoms with Gasteiger partial charge in [0.25, 0.3) is 0 Å². The lowest BCUT2D eigenvalue weighted by Crippen LogP contribution is -2.18. The molecule has 0 radical (unpaired) electrons. The summed E-state index contributed by atoms with van der Waals surface area (Å²) in [7, 11) is 0. The molecule has 0 aliphatic rings. The van der Waals surface area contributed by atoms with Crippen LogP contribution in [0, 0.1) is 0 Å². The molecular formula is C10H10N4O. The number of para-hydroxylation sites is 1. The number of carbonyl (C=O) groups is 1. The van der Waals surface area contributed by atoms with Gasteiger partial charge in [-0.05, 0) is 12.1 Å². The maximum absolute atomic E-state index is 10.6. The molecule has 0 aliphatic heterocycles. The first-order chi connectivity index (χ1) is 7.25. The number of benzene rings is 1. The summed E-state index contributed by atoms with van der Waals surface area (Å²) in [5.74, 6) is 0. The minimum absolute atomic E-state index is 0.575. The minimum Gasteiger partial charge on any atom is -0.351 e. The van der Waals surface area contributed by atoms with Gasteiger partial charge < -0.3 is 11.1 Å². The quantitative estimate of drug-likeness (QED) is 0.771. The normalized spacial score (nSPS) is 9.87. The Morgan fingerprint density at radius 1 is 1.33 bits per heavy atom. The van der Waals surface area contributed by atoms with Crippen molar-refractivity contribution in [1.29, 1.82) is 0 Å². The van der Waals surface area contributed by atoms with Crippen LogP contribution in [-0.4, -0.2) is 15.8 Å². The zero-order valence-electron chi connectivity index (χ0n) is 7.92. The number of hydrogen-bond donors (Lipinski definition) is 2. The Morgan fingerprint density at radius 3 is 2.73 bits per heavy atom. The van der Waals surface area contributed by atoms with Crippen molar-refractivity contribution < 1.29 is 4.79 Å². The Morgan fingerprint density at radius 2 is 2.07 bits per heavy atom. The maximum Gasteiger partial charge on any atom is 0.316 e. The average Bonchev–Trinajstić information content (AvgIpc) is 2.67. The van der Waals surface area contributed by atoms with Crippen LogP contribution in [0.2, 0.25) is 0 Å². The molecule has 0 aliphatic carbocycles. The van der Waals surface area contributed by atoms with Gasteiger partial charge in [-0.3, -0.25) is 0 Å². The monoisotopic (exact) mass is 202 g/mol. The van der Waals surface area contributed by atoms with Crippen molar-refractivity contribution in [3.63, 3.8) is 0 Å². The molecule has 0 atom stereocenters. The Balaban J connectivity index is 2.24. The van der Waals surface area contributed by atoms with Crippen LogP contribution in [-0.2, 0) is 0 Å². The summed E-state index contributed by atoms with van der Waals surface area (Å²) in [5, 5.41) is 6.54. The van der Waals surface area contributed by atoms with Gasteiger partial charge in [-0.15, -0.1) is 0 Å². The summed E-state index contributed by atoms with van der Waals surface area (Å²) in [5.41, 5.74) is 6.49. The Hall–Kier alpha value is -2.30. The first-order valence-electron chi connectivity index (χ1n) is 4.42. The van der Waals surface area contributed by atoms with Crippen molar-refractivity contribution in [3.8, 4) is 5.69 Å². The van der Waals surface area contributed by atoms with Crippen molar-refractivity contribution in [2.75, 3.05) is 5.32 Å². The van der Waals surface area contributed by atoms with Crippen LogP contribution < -0.4 is 11.1 Å². The smallest absolute Gasteiger partial charge is 0.316 e. The summed E-state index contributed by atoms with van der Waals surface area (Å²) >= 11 is 0. The molecular weight excluding hydrogens is 192 g/mol. The standard InChI is InChI=1S/C10H10N4O/c11-10(15)13-8-6-12-14(7-8)9-4-2-1-3-5-9/h1-7H,(H3,11,13,15). The van der Waals surface area contributed by atoms with Crippen LogP contribution in [0.3, 0.4) is 0 Å². The van der Waals surface area contributed by atoms with E-state index >= 15 is 0 Å². The molecule has 2 amide bonds. The molecule has 1 aromatic carbocycles. The van der Waals surface area contributed by atoms with Crippen molar-refractivity contribution in [3.05, 3.63) is 42.7 Å². The molecule has 2 rings (SSSR count). The number of anilines is 1. The first-order valence-corrected chi connectivity index (χ1v) is 4.42. The third-order valence-electron chi connectivity index (χ3n) is 1.87. The number of amides is 2. The predicted octanol–water partition coefficient (Wildman–Crippen LogP) is 1.36. The molecule has 1 aromatic heterocycles. The molecule has 0 spiro atoms. The molecule has 0 saturated heterocycles. The highest BCUT2D eigenvalue weighted by atomic mass is 16.2. The zero-order valence-corrected chi connectivity index (χ0v) is 7.92. The van der Waals surface area contributed by atoms with Gasteiger partial charge >= 0.3 is 6.03 Å². The Bertz CT molecular complexity index is 463. The van der Waals surface area contributed by atoms with Gasteiger partial charge in [0.1, 0.15) is 0 Å². The third-order valence-corrected chi connectivity index (χ3v) is 1.87. The summed E-state index contributed by atoms with van der Waals surface area (Å²) in [6, 6.07) is 9.00. The number of nitrogens with two attached hydrogens (primary N) is 1. The second kappa shape index (κ2) is 3.83. The topological polar surface area (TPSA) is 72.9 Å². The average molecular weight is 202 g/mol. The molecule has 76 valence electrons. The van der Waals surface area contributed by atoms with E-state index in [0.29, 0.717) is 5.69 Å². The molecule has 2 aromatic rings. The highest BCUT2D eigenvalue weighted by Gasteiger charge is 2.01. The summed E-state index contributed by atoms with van der Waals surface area (Å²) < 4.78 is 1.66. The molecule has 0 fully saturated rings. The van der Waals surface area contributed by atoms with Gasteiger partial charge in [0.05, 0.1) is 23.8 Å². The number of hydrogen-bond acceptors (Lipinski definition) is 2. The van der Waals surface area contributed by atoms with Crippen LogP contribution in [0.5, 0.6) is 0 Å². The maximum atomic E-state index is 10.6. The van der Waals surface area contributed by atoms with Crippen LogP contribution in [0.4, 0.5) is 10.5 Å². The number of carbonyl (C=O) groups excluding carboxylic acids is 1. The van der Waals surface area contributed by atoms with E-state index in [4.69, 9.17) is 5.73 Å². The molecule has 3 N–H and O–H groups in total. The van der Waals surface area contributed by atoms with E-state index in [1.54, 1.807) is 10.9 Å². The van der Waals surface area contributed by atoms with Crippen molar-refractivity contribution in [2.24, 2.45) is 5.73 Å². The lowest BCUT2D eigenvalue weighted by atomic mass is 10.3. The van der Waals surface area contributed by atoms with Gasteiger partial charge in [-0.1, -0.05) is 18.2 Å². The number of rotatable bonds is 2. The molecule has 0 saturated carbocycles. The largest absolute Gasteiger partial charge is 0.351 e. The van der Waals surface area contributed by atoms with Crippen LogP contribution in [0.25, 0.3) is 5.69 Å². The van der Waals surface area contributed by atoms with Gasteiger partial charge in [0.2, 0.25) is 0 Å². The fourth-order valence-corrected chi connectivity index (χ4v) is 1.25. The summed E-state index contributed by atoms with van der Waals surface area (Å²) in [6.45, 7) is 0. The molecule has 5 nitrogen and oxygen atoms in total. The number of primary amides is 1. The molecule has 5 heteroatoms. The third kappa shape index (κ3) is 2.14. The van der Waals surface area contributed by atoms with E-state index in [1.165, 1.54) is 6.20 Å². The van der Waals surface area contributed by atoms with Gasteiger partial charge in [-0.25, -0.2) is 9.48 Å². The molecule has 0 bridgehead atoms. The molecule has 0 unspecified atom stereocenters. The fraction of sp³-hybridized carbons (Fsp3) is 0. The van der Waals surface area contributed by atoms with E-state index in [9.17, 15) is 4.79 Å². The van der Waals surface area contributed by atoms with Crippen LogP contribution >= 0.6 is 0 Å². The van der Waals surface area contributed by atoms with E-state index in [2.05, 4.69) is 10.4 Å². The van der Waals surface area contributed by atoms with E-state index in [1.807, 2.05) is 30.3 Å². The molecule has 1 heterocycles. The second-order valence-corrected chi connectivity index (χ2v) is 3.00. The predicted molar refractivity (Wildman–Crippen MR) is 56.8 cm³/mol. The van der Waals surface area contributed by atoms with Crippen molar-refractivity contribution in [1.82, 2.24) is 9.78 Å². The van der Waals surface area contributed by atoms with Crippen molar-refractivity contribution >= 4 is 11.7 Å². The lowest BCUT2D eigenvalue weighted by molar-refractivity contribution is 0.259. The molecule has 15 heavy (non-hydrogen) atoms. The number of nitrogens with one attached hydrogen (secondary N) is 1. The SMILES string of the molecule is NC(=O)Nc1cnn(-c2ccccc2)c1. The van der Waals surface area contributed by atoms with Crippen LogP contribution in [0.1, 0.15) is 0 Å².